The molecule has 1 unspecified atom stereocenters. The zero-order chi connectivity index (χ0) is 13.3. The Kier molecular flexibility index (Phi) is 3.44. The molecule has 0 saturated carbocycles. The Balaban J connectivity index is 2.23. The molecule has 1 fully saturated rings. The highest BCUT2D eigenvalue weighted by Crippen LogP contribution is 2.26. The molecule has 1 aromatic rings. The Morgan fingerprint density at radius 2 is 2.22 bits per heavy atom. The zero-order valence-electron chi connectivity index (χ0n) is 11.9. The second-order valence-corrected chi connectivity index (χ2v) is 5.82. The van der Waals surface area contributed by atoms with E-state index in [4.69, 9.17) is 0 Å². The molecule has 0 radical (unpaired) electrons. The number of likely N-dealkylation sites (tertiary alicyclic amines) is 1. The van der Waals surface area contributed by atoms with E-state index < -0.39 is 0 Å². The van der Waals surface area contributed by atoms with Crippen LogP contribution in [0.15, 0.2) is 18.7 Å². The second kappa shape index (κ2) is 4.73. The van der Waals surface area contributed by atoms with E-state index in [1.54, 1.807) is 0 Å². The predicted molar refractivity (Wildman–Crippen MR) is 77.8 cm³/mol. The Labute approximate surface area is 110 Å². The van der Waals surface area contributed by atoms with E-state index in [2.05, 4.69) is 48.7 Å². The van der Waals surface area contributed by atoms with Crippen LogP contribution in [0, 0.1) is 6.92 Å². The largest absolute Gasteiger partial charge is 0.363 e. The van der Waals surface area contributed by atoms with Crippen molar-refractivity contribution in [3.05, 3.63) is 30.0 Å². The fourth-order valence-corrected chi connectivity index (χ4v) is 2.47. The number of nitrogens with zero attached hydrogens (tertiary/aromatic N) is 2. The number of rotatable bonds is 3. The summed E-state index contributed by atoms with van der Waals surface area (Å²) in [6.07, 6.45) is 1.15. The molecular weight excluding hydrogens is 222 g/mol. The van der Waals surface area contributed by atoms with Gasteiger partial charge in [-0.2, -0.15) is 0 Å². The molecule has 3 nitrogen and oxygen atoms in total. The van der Waals surface area contributed by atoms with Gasteiger partial charge in [0.25, 0.3) is 0 Å². The SMILES string of the molecule is C=C(C)c1ccc(C)c(NC2(C)CCN(C)C2)n1. The van der Waals surface area contributed by atoms with E-state index in [9.17, 15) is 0 Å². The smallest absolute Gasteiger partial charge is 0.130 e. The minimum absolute atomic E-state index is 0.125. The molecule has 2 heterocycles. The molecule has 1 atom stereocenters. The number of anilines is 1. The molecule has 0 spiro atoms. The molecule has 0 bridgehead atoms. The van der Waals surface area contributed by atoms with Gasteiger partial charge in [0.2, 0.25) is 0 Å². The van der Waals surface area contributed by atoms with Crippen molar-refractivity contribution in [3.8, 4) is 0 Å². The summed E-state index contributed by atoms with van der Waals surface area (Å²) in [6, 6.07) is 4.15. The first-order valence-electron chi connectivity index (χ1n) is 6.50. The summed E-state index contributed by atoms with van der Waals surface area (Å²) in [5.41, 5.74) is 3.29. The van der Waals surface area contributed by atoms with Crippen LogP contribution >= 0.6 is 0 Å². The zero-order valence-corrected chi connectivity index (χ0v) is 11.9. The highest BCUT2D eigenvalue weighted by molar-refractivity contribution is 5.61. The Bertz CT molecular complexity index is 467. The highest BCUT2D eigenvalue weighted by Gasteiger charge is 2.32. The van der Waals surface area contributed by atoms with Gasteiger partial charge in [-0.25, -0.2) is 4.98 Å². The van der Waals surface area contributed by atoms with Crippen LogP contribution in [0.5, 0.6) is 0 Å². The monoisotopic (exact) mass is 245 g/mol. The van der Waals surface area contributed by atoms with Crippen LogP contribution in [0.3, 0.4) is 0 Å². The van der Waals surface area contributed by atoms with Gasteiger partial charge in [0.15, 0.2) is 0 Å². The molecule has 18 heavy (non-hydrogen) atoms. The van der Waals surface area contributed by atoms with E-state index in [-0.39, 0.29) is 5.54 Å². The summed E-state index contributed by atoms with van der Waals surface area (Å²) >= 11 is 0. The Hall–Kier alpha value is -1.35. The highest BCUT2D eigenvalue weighted by atomic mass is 15.2. The third-order valence-electron chi connectivity index (χ3n) is 3.62. The third-order valence-corrected chi connectivity index (χ3v) is 3.62. The van der Waals surface area contributed by atoms with Crippen molar-refractivity contribution in [3.63, 3.8) is 0 Å². The predicted octanol–water partition coefficient (Wildman–Crippen LogP) is 2.93. The summed E-state index contributed by atoms with van der Waals surface area (Å²) < 4.78 is 0. The van der Waals surface area contributed by atoms with E-state index in [0.717, 1.165) is 36.6 Å². The quantitative estimate of drug-likeness (QED) is 0.887. The number of likely N-dealkylation sites (N-methyl/N-ethyl adjacent to an activating group) is 1. The number of allylic oxidation sites excluding steroid dienone is 1. The van der Waals surface area contributed by atoms with Crippen LogP contribution in [0.25, 0.3) is 5.57 Å². The summed E-state index contributed by atoms with van der Waals surface area (Å²) in [5.74, 6) is 0.994. The third kappa shape index (κ3) is 2.72. The van der Waals surface area contributed by atoms with E-state index in [1.807, 2.05) is 13.0 Å². The first-order chi connectivity index (χ1) is 8.39. The molecule has 1 aromatic heterocycles. The van der Waals surface area contributed by atoms with Gasteiger partial charge < -0.3 is 10.2 Å². The van der Waals surface area contributed by atoms with Crippen LogP contribution < -0.4 is 5.32 Å². The number of aromatic nitrogens is 1. The van der Waals surface area contributed by atoms with Crippen molar-refractivity contribution < 1.29 is 0 Å². The fourth-order valence-electron chi connectivity index (χ4n) is 2.47. The minimum atomic E-state index is 0.125. The first-order valence-corrected chi connectivity index (χ1v) is 6.50. The lowest BCUT2D eigenvalue weighted by molar-refractivity contribution is 0.392. The van der Waals surface area contributed by atoms with Crippen LogP contribution in [-0.2, 0) is 0 Å². The maximum atomic E-state index is 4.68. The standard InChI is InChI=1S/C15H23N3/c1-11(2)13-7-6-12(3)14(16-13)17-15(4)8-9-18(5)10-15/h6-7H,1,8-10H2,2-5H3,(H,16,17). The van der Waals surface area contributed by atoms with E-state index >= 15 is 0 Å². The van der Waals surface area contributed by atoms with Crippen LogP contribution in [0.4, 0.5) is 5.82 Å². The first kappa shape index (κ1) is 13.1. The van der Waals surface area contributed by atoms with E-state index in [0.29, 0.717) is 0 Å². The normalized spacial score (nSPS) is 24.2. The maximum Gasteiger partial charge on any atom is 0.130 e. The molecule has 0 amide bonds. The summed E-state index contributed by atoms with van der Waals surface area (Å²) in [6.45, 7) is 12.5. The minimum Gasteiger partial charge on any atom is -0.363 e. The second-order valence-electron chi connectivity index (χ2n) is 5.82. The van der Waals surface area contributed by atoms with Crippen molar-refractivity contribution in [2.45, 2.75) is 32.7 Å². The molecule has 3 heteroatoms. The number of hydrogen-bond donors (Lipinski definition) is 1. The summed E-state index contributed by atoms with van der Waals surface area (Å²) in [4.78, 5) is 7.03. The van der Waals surface area contributed by atoms with Crippen LogP contribution in [-0.4, -0.2) is 35.6 Å². The van der Waals surface area contributed by atoms with Crippen LogP contribution in [0.2, 0.25) is 0 Å². The van der Waals surface area contributed by atoms with Gasteiger partial charge in [-0.05, 0) is 51.4 Å². The molecule has 0 aromatic carbocycles. The topological polar surface area (TPSA) is 28.2 Å². The van der Waals surface area contributed by atoms with Gasteiger partial charge in [-0.15, -0.1) is 0 Å². The molecule has 98 valence electrons. The van der Waals surface area contributed by atoms with Gasteiger partial charge in [0, 0.05) is 18.6 Å². The average molecular weight is 245 g/mol. The average Bonchev–Trinajstić information content (AvgIpc) is 2.61. The van der Waals surface area contributed by atoms with Crippen molar-refractivity contribution in [2.75, 3.05) is 25.5 Å². The van der Waals surface area contributed by atoms with Crippen LogP contribution in [0.1, 0.15) is 31.5 Å². The molecule has 2 rings (SSSR count). The fraction of sp³-hybridized carbons (Fsp3) is 0.533. The number of aryl methyl sites for hydroxylation is 1. The lowest BCUT2D eigenvalue weighted by atomic mass is 10.0. The number of nitrogens with one attached hydrogen (secondary N) is 1. The molecule has 1 aliphatic rings. The maximum absolute atomic E-state index is 4.68. The number of pyridine rings is 1. The van der Waals surface area contributed by atoms with Gasteiger partial charge >= 0.3 is 0 Å². The summed E-state index contributed by atoms with van der Waals surface area (Å²) in [5, 5.41) is 3.62. The van der Waals surface area contributed by atoms with Gasteiger partial charge in [0.1, 0.15) is 5.82 Å². The molecule has 1 aliphatic heterocycles. The van der Waals surface area contributed by atoms with Gasteiger partial charge in [-0.3, -0.25) is 0 Å². The van der Waals surface area contributed by atoms with Crippen molar-refractivity contribution in [1.29, 1.82) is 0 Å². The van der Waals surface area contributed by atoms with Gasteiger partial charge in [-0.1, -0.05) is 12.6 Å². The van der Waals surface area contributed by atoms with Gasteiger partial charge in [0.05, 0.1) is 5.69 Å². The number of hydrogen-bond acceptors (Lipinski definition) is 3. The van der Waals surface area contributed by atoms with Crippen molar-refractivity contribution in [1.82, 2.24) is 9.88 Å². The molecule has 1 saturated heterocycles. The lowest BCUT2D eigenvalue weighted by Gasteiger charge is -2.27. The molecule has 0 aliphatic carbocycles. The Morgan fingerprint density at radius 1 is 1.50 bits per heavy atom. The lowest BCUT2D eigenvalue weighted by Crippen LogP contribution is -2.37. The molecular formula is C15H23N3. The van der Waals surface area contributed by atoms with Crippen molar-refractivity contribution in [2.24, 2.45) is 0 Å². The Morgan fingerprint density at radius 3 is 2.78 bits per heavy atom. The molecule has 1 N–H and O–H groups in total. The summed E-state index contributed by atoms with van der Waals surface area (Å²) in [7, 11) is 2.16. The van der Waals surface area contributed by atoms with E-state index in [1.165, 1.54) is 5.56 Å². The van der Waals surface area contributed by atoms with Crippen molar-refractivity contribution >= 4 is 11.4 Å².